The molecule has 4 N–H and O–H groups in total. The standard InChI is InChI=1S/C32H54N4O6/c1-20(2)32(22-12-9-13-22)18-24(27(33)37)36(19-32)29(39)26(31(3,4)5)35-28(38)25(21-10-7-6-8-11-21)34-30(40)42-23-14-16-41-17-15-23/h20-26H,6-19H2,1-5H3,(H2,33,37)(H,34,40)(H,35,38)/t24-,25-,26+,32+/m0/s1. The van der Waals surface area contributed by atoms with E-state index in [1.165, 1.54) is 6.42 Å². The monoisotopic (exact) mass is 590 g/mol. The summed E-state index contributed by atoms with van der Waals surface area (Å²) in [6.45, 7) is 11.6. The molecule has 0 aromatic carbocycles. The minimum Gasteiger partial charge on any atom is -0.446 e. The maximum atomic E-state index is 14.3. The fourth-order valence-corrected chi connectivity index (χ4v) is 7.63. The molecule has 10 nitrogen and oxygen atoms in total. The van der Waals surface area contributed by atoms with Crippen LogP contribution in [0.5, 0.6) is 0 Å². The summed E-state index contributed by atoms with van der Waals surface area (Å²) in [5.74, 6) is -0.472. The highest BCUT2D eigenvalue weighted by molar-refractivity contribution is 5.94. The predicted octanol–water partition coefficient (Wildman–Crippen LogP) is 3.90. The zero-order valence-corrected chi connectivity index (χ0v) is 26.4. The molecule has 0 unspecified atom stereocenters. The highest BCUT2D eigenvalue weighted by Gasteiger charge is 2.56. The Morgan fingerprint density at radius 3 is 2.10 bits per heavy atom. The number of primary amides is 1. The lowest BCUT2D eigenvalue weighted by Crippen LogP contribution is -2.61. The van der Waals surface area contributed by atoms with Crippen LogP contribution in [0.25, 0.3) is 0 Å². The van der Waals surface area contributed by atoms with Crippen molar-refractivity contribution < 1.29 is 28.7 Å². The Balaban J connectivity index is 1.54. The molecule has 4 amide bonds. The molecular weight excluding hydrogens is 536 g/mol. The number of carbonyl (C=O) groups is 4. The molecule has 0 aromatic rings. The van der Waals surface area contributed by atoms with Crippen molar-refractivity contribution in [2.24, 2.45) is 34.3 Å². The van der Waals surface area contributed by atoms with Crippen LogP contribution >= 0.6 is 0 Å². The molecule has 2 heterocycles. The summed E-state index contributed by atoms with van der Waals surface area (Å²) >= 11 is 0. The summed E-state index contributed by atoms with van der Waals surface area (Å²) in [6.07, 6.45) is 9.04. The van der Waals surface area contributed by atoms with Gasteiger partial charge in [-0.3, -0.25) is 14.4 Å². The largest absolute Gasteiger partial charge is 0.446 e. The van der Waals surface area contributed by atoms with E-state index in [1.807, 2.05) is 20.8 Å². The molecule has 0 radical (unpaired) electrons. The molecule has 2 aliphatic heterocycles. The highest BCUT2D eigenvalue weighted by atomic mass is 16.6. The summed E-state index contributed by atoms with van der Waals surface area (Å²) in [6, 6.07) is -2.41. The molecular formula is C32H54N4O6. The smallest absolute Gasteiger partial charge is 0.408 e. The molecule has 0 bridgehead atoms. The first-order valence-corrected chi connectivity index (χ1v) is 16.3. The van der Waals surface area contributed by atoms with E-state index in [9.17, 15) is 19.2 Å². The Hall–Kier alpha value is -2.36. The fourth-order valence-electron chi connectivity index (χ4n) is 7.63. The minimum atomic E-state index is -0.893. The molecule has 2 saturated heterocycles. The van der Waals surface area contributed by atoms with Crippen molar-refractivity contribution in [2.75, 3.05) is 19.8 Å². The van der Waals surface area contributed by atoms with E-state index >= 15 is 0 Å². The normalized spacial score (nSPS) is 27.7. The third kappa shape index (κ3) is 7.22. The fraction of sp³-hybridized carbons (Fsp3) is 0.875. The van der Waals surface area contributed by atoms with E-state index in [0.717, 1.165) is 44.9 Å². The lowest BCUT2D eigenvalue weighted by molar-refractivity contribution is -0.144. The maximum absolute atomic E-state index is 14.3. The lowest BCUT2D eigenvalue weighted by atomic mass is 9.59. The van der Waals surface area contributed by atoms with E-state index in [4.69, 9.17) is 15.2 Å². The molecule has 238 valence electrons. The second-order valence-electron chi connectivity index (χ2n) is 14.6. The van der Waals surface area contributed by atoms with Crippen LogP contribution in [0.15, 0.2) is 0 Å². The van der Waals surface area contributed by atoms with Crippen molar-refractivity contribution in [1.82, 2.24) is 15.5 Å². The summed E-state index contributed by atoms with van der Waals surface area (Å²) in [5.41, 5.74) is 5.09. The van der Waals surface area contributed by atoms with Gasteiger partial charge in [-0.15, -0.1) is 0 Å². The van der Waals surface area contributed by atoms with Crippen LogP contribution < -0.4 is 16.4 Å². The van der Waals surface area contributed by atoms with Gasteiger partial charge in [0.1, 0.15) is 24.2 Å². The molecule has 0 spiro atoms. The maximum Gasteiger partial charge on any atom is 0.408 e. The van der Waals surface area contributed by atoms with Crippen molar-refractivity contribution in [3.8, 4) is 0 Å². The van der Waals surface area contributed by atoms with Gasteiger partial charge in [-0.25, -0.2) is 4.79 Å². The summed E-state index contributed by atoms with van der Waals surface area (Å²) < 4.78 is 11.0. The average Bonchev–Trinajstić information content (AvgIpc) is 3.31. The Labute approximate surface area is 251 Å². The molecule has 4 atom stereocenters. The van der Waals surface area contributed by atoms with Crippen LogP contribution in [0.3, 0.4) is 0 Å². The Bertz CT molecular complexity index is 980. The summed E-state index contributed by atoms with van der Waals surface area (Å²) in [4.78, 5) is 55.7. The minimum absolute atomic E-state index is 0.0472. The average molecular weight is 591 g/mol. The first kappa shape index (κ1) is 32.6. The van der Waals surface area contributed by atoms with Gasteiger partial charge < -0.3 is 30.7 Å². The molecule has 42 heavy (non-hydrogen) atoms. The quantitative estimate of drug-likeness (QED) is 0.372. The first-order valence-electron chi connectivity index (χ1n) is 16.3. The van der Waals surface area contributed by atoms with E-state index in [0.29, 0.717) is 44.9 Å². The number of alkyl carbamates (subject to hydrolysis) is 1. The first-order chi connectivity index (χ1) is 19.8. The van der Waals surface area contributed by atoms with Crippen LogP contribution in [0.2, 0.25) is 0 Å². The summed E-state index contributed by atoms with van der Waals surface area (Å²) in [5, 5.41) is 5.91. The van der Waals surface area contributed by atoms with Gasteiger partial charge >= 0.3 is 6.09 Å². The molecule has 4 aliphatic rings. The van der Waals surface area contributed by atoms with Gasteiger partial charge in [0.25, 0.3) is 0 Å². The van der Waals surface area contributed by atoms with Gasteiger partial charge in [-0.05, 0) is 60.7 Å². The third-order valence-electron chi connectivity index (χ3n) is 10.6. The Kier molecular flexibility index (Phi) is 10.5. The van der Waals surface area contributed by atoms with Crippen LogP contribution in [0.4, 0.5) is 4.79 Å². The van der Waals surface area contributed by atoms with Crippen molar-refractivity contribution >= 4 is 23.8 Å². The number of nitrogens with zero attached hydrogens (tertiary/aromatic N) is 1. The van der Waals surface area contributed by atoms with Crippen molar-refractivity contribution in [1.29, 1.82) is 0 Å². The zero-order chi connectivity index (χ0) is 30.7. The van der Waals surface area contributed by atoms with E-state index < -0.39 is 35.5 Å². The van der Waals surface area contributed by atoms with Crippen molar-refractivity contribution in [3.05, 3.63) is 0 Å². The van der Waals surface area contributed by atoms with Crippen LogP contribution in [-0.2, 0) is 23.9 Å². The van der Waals surface area contributed by atoms with E-state index in [-0.39, 0.29) is 35.2 Å². The number of nitrogens with one attached hydrogen (secondary N) is 2. The lowest BCUT2D eigenvalue weighted by Gasteiger charge is -2.46. The second-order valence-corrected chi connectivity index (χ2v) is 14.6. The molecule has 4 fully saturated rings. The van der Waals surface area contributed by atoms with Crippen molar-refractivity contribution in [3.63, 3.8) is 0 Å². The number of likely N-dealkylation sites (tertiary alicyclic amines) is 1. The van der Waals surface area contributed by atoms with Gasteiger partial charge in [0, 0.05) is 19.4 Å². The number of hydrogen-bond donors (Lipinski definition) is 3. The summed E-state index contributed by atoms with van der Waals surface area (Å²) in [7, 11) is 0. The molecule has 2 saturated carbocycles. The second kappa shape index (κ2) is 13.5. The topological polar surface area (TPSA) is 140 Å². The van der Waals surface area contributed by atoms with E-state index in [1.54, 1.807) is 4.90 Å². The SMILES string of the molecule is CC(C)[C@@]1(C2CCC2)C[C@@H](C(N)=O)N(C(=O)[C@@H](NC(=O)[C@@H](NC(=O)OC2CCOCC2)C2CCCCC2)C(C)(C)C)C1. The highest BCUT2D eigenvalue weighted by Crippen LogP contribution is 2.54. The van der Waals surface area contributed by atoms with Gasteiger partial charge in [-0.1, -0.05) is 60.3 Å². The number of rotatable bonds is 9. The molecule has 4 rings (SSSR count). The Morgan fingerprint density at radius 1 is 0.929 bits per heavy atom. The van der Waals surface area contributed by atoms with Crippen LogP contribution in [-0.4, -0.2) is 72.7 Å². The molecule has 10 heteroatoms. The number of carbonyl (C=O) groups excluding carboxylic acids is 4. The number of hydrogen-bond acceptors (Lipinski definition) is 6. The molecule has 2 aliphatic carbocycles. The van der Waals surface area contributed by atoms with Gasteiger partial charge in [0.05, 0.1) is 13.2 Å². The van der Waals surface area contributed by atoms with E-state index in [2.05, 4.69) is 24.5 Å². The van der Waals surface area contributed by atoms with Crippen molar-refractivity contribution in [2.45, 2.75) is 129 Å². The number of ether oxygens (including phenoxy) is 2. The van der Waals surface area contributed by atoms with Crippen LogP contribution in [0.1, 0.15) is 105 Å². The van der Waals surface area contributed by atoms with Gasteiger partial charge in [-0.2, -0.15) is 0 Å². The van der Waals surface area contributed by atoms with Gasteiger partial charge in [0.15, 0.2) is 0 Å². The van der Waals surface area contributed by atoms with Gasteiger partial charge in [0.2, 0.25) is 17.7 Å². The number of amides is 4. The number of nitrogens with two attached hydrogens (primary N) is 1. The van der Waals surface area contributed by atoms with Crippen LogP contribution in [0, 0.1) is 28.6 Å². The third-order valence-corrected chi connectivity index (χ3v) is 10.6. The predicted molar refractivity (Wildman–Crippen MR) is 159 cm³/mol. The molecule has 0 aromatic heterocycles. The Morgan fingerprint density at radius 2 is 1.57 bits per heavy atom. The zero-order valence-electron chi connectivity index (χ0n) is 26.4.